The zero-order chi connectivity index (χ0) is 26.6. The summed E-state index contributed by atoms with van der Waals surface area (Å²) in [6.45, 7) is 3.27. The molecule has 6 N–H and O–H groups in total. The molecular formula is C29H35N7O2. The maximum absolute atomic E-state index is 13.2. The molecule has 0 radical (unpaired) electrons. The third kappa shape index (κ3) is 5.62. The highest BCUT2D eigenvalue weighted by molar-refractivity contribution is 5.98. The lowest BCUT2D eigenvalue weighted by Crippen LogP contribution is -2.43. The molecule has 0 saturated heterocycles. The molecule has 9 heteroatoms. The first-order valence-corrected chi connectivity index (χ1v) is 13.4. The highest BCUT2D eigenvalue weighted by Gasteiger charge is 2.24. The summed E-state index contributed by atoms with van der Waals surface area (Å²) in [5.41, 5.74) is 17.0. The Bertz CT molecular complexity index is 1340. The van der Waals surface area contributed by atoms with Gasteiger partial charge in [-0.05, 0) is 66.6 Å². The van der Waals surface area contributed by atoms with Gasteiger partial charge in [-0.1, -0.05) is 38.0 Å². The smallest absolute Gasteiger partial charge is 0.254 e. The summed E-state index contributed by atoms with van der Waals surface area (Å²) in [7, 11) is 0. The van der Waals surface area contributed by atoms with Gasteiger partial charge in [0.25, 0.3) is 11.8 Å². The van der Waals surface area contributed by atoms with E-state index in [0.29, 0.717) is 30.4 Å². The number of nitrogens with zero attached hydrogens (tertiary/aromatic N) is 3. The molecule has 38 heavy (non-hydrogen) atoms. The number of carbonyl (C=O) groups is 2. The van der Waals surface area contributed by atoms with Crippen molar-refractivity contribution in [3.05, 3.63) is 76.5 Å². The summed E-state index contributed by atoms with van der Waals surface area (Å²) in [5, 5.41) is 6.59. The van der Waals surface area contributed by atoms with Crippen LogP contribution in [0.25, 0.3) is 0 Å². The van der Waals surface area contributed by atoms with Crippen LogP contribution in [0.1, 0.15) is 70.0 Å². The van der Waals surface area contributed by atoms with Crippen LogP contribution in [-0.4, -0.2) is 45.3 Å². The fourth-order valence-electron chi connectivity index (χ4n) is 5.28. The summed E-state index contributed by atoms with van der Waals surface area (Å²) < 4.78 is 0. The van der Waals surface area contributed by atoms with Crippen LogP contribution in [0, 0.1) is 0 Å². The SMILES string of the molecule is CCc1cccc(C(=O)N2CCc3ccc(Nc4nc(NC5CCCCC5N)ncc4C(N)=O)cc3C2)c1. The van der Waals surface area contributed by atoms with E-state index in [-0.39, 0.29) is 23.6 Å². The minimum absolute atomic E-state index is 0.0350. The summed E-state index contributed by atoms with van der Waals surface area (Å²) in [6, 6.07) is 14.0. The van der Waals surface area contributed by atoms with Gasteiger partial charge in [0.15, 0.2) is 0 Å². The minimum Gasteiger partial charge on any atom is -0.365 e. The number of primary amides is 1. The fraction of sp³-hybridized carbons (Fsp3) is 0.379. The zero-order valence-corrected chi connectivity index (χ0v) is 21.7. The van der Waals surface area contributed by atoms with E-state index in [9.17, 15) is 9.59 Å². The molecule has 3 aromatic rings. The van der Waals surface area contributed by atoms with Crippen molar-refractivity contribution in [1.29, 1.82) is 0 Å². The zero-order valence-electron chi connectivity index (χ0n) is 21.7. The van der Waals surface area contributed by atoms with Gasteiger partial charge in [0.2, 0.25) is 5.95 Å². The molecular weight excluding hydrogens is 478 g/mol. The second kappa shape index (κ2) is 11.2. The van der Waals surface area contributed by atoms with Gasteiger partial charge in [-0.2, -0.15) is 4.98 Å². The van der Waals surface area contributed by atoms with Crippen molar-refractivity contribution in [2.75, 3.05) is 17.2 Å². The van der Waals surface area contributed by atoms with E-state index in [2.05, 4.69) is 33.6 Å². The molecule has 2 heterocycles. The Morgan fingerprint density at radius 1 is 1.11 bits per heavy atom. The maximum Gasteiger partial charge on any atom is 0.254 e. The van der Waals surface area contributed by atoms with Crippen molar-refractivity contribution in [2.45, 2.75) is 64.1 Å². The number of amides is 2. The number of hydrogen-bond acceptors (Lipinski definition) is 7. The number of anilines is 3. The van der Waals surface area contributed by atoms with Gasteiger partial charge in [0.05, 0.1) is 0 Å². The van der Waals surface area contributed by atoms with E-state index in [1.807, 2.05) is 41.3 Å². The average Bonchev–Trinajstić information content (AvgIpc) is 2.93. The molecule has 2 unspecified atom stereocenters. The first kappa shape index (κ1) is 25.7. The lowest BCUT2D eigenvalue weighted by Gasteiger charge is -2.30. The molecule has 5 rings (SSSR count). The summed E-state index contributed by atoms with van der Waals surface area (Å²) >= 11 is 0. The fourth-order valence-corrected chi connectivity index (χ4v) is 5.28. The monoisotopic (exact) mass is 513 g/mol. The predicted octanol–water partition coefficient (Wildman–Crippen LogP) is 3.76. The van der Waals surface area contributed by atoms with Gasteiger partial charge in [-0.3, -0.25) is 9.59 Å². The largest absolute Gasteiger partial charge is 0.365 e. The van der Waals surface area contributed by atoms with Crippen LogP contribution < -0.4 is 22.1 Å². The topological polar surface area (TPSA) is 139 Å². The Labute approximate surface area is 223 Å². The van der Waals surface area contributed by atoms with Crippen LogP contribution in [0.3, 0.4) is 0 Å². The van der Waals surface area contributed by atoms with Crippen molar-refractivity contribution >= 4 is 29.3 Å². The molecule has 2 aliphatic rings. The second-order valence-corrected chi connectivity index (χ2v) is 10.2. The van der Waals surface area contributed by atoms with Crippen molar-refractivity contribution in [2.24, 2.45) is 11.5 Å². The Morgan fingerprint density at radius 3 is 2.74 bits per heavy atom. The van der Waals surface area contributed by atoms with E-state index in [1.54, 1.807) is 0 Å². The quantitative estimate of drug-likeness (QED) is 0.377. The number of fused-ring (bicyclic) bond motifs is 1. The van der Waals surface area contributed by atoms with E-state index in [0.717, 1.165) is 55.3 Å². The van der Waals surface area contributed by atoms with Gasteiger partial charge in [0, 0.05) is 42.6 Å². The molecule has 0 spiro atoms. The highest BCUT2D eigenvalue weighted by Crippen LogP contribution is 2.27. The molecule has 2 aromatic carbocycles. The van der Waals surface area contributed by atoms with Crippen molar-refractivity contribution in [3.8, 4) is 0 Å². The third-order valence-electron chi connectivity index (χ3n) is 7.54. The number of nitrogens with one attached hydrogen (secondary N) is 2. The Balaban J connectivity index is 1.35. The van der Waals surface area contributed by atoms with Crippen LogP contribution in [0.15, 0.2) is 48.7 Å². The third-order valence-corrected chi connectivity index (χ3v) is 7.54. The molecule has 0 bridgehead atoms. The second-order valence-electron chi connectivity index (χ2n) is 10.2. The first-order valence-electron chi connectivity index (χ1n) is 13.4. The predicted molar refractivity (Wildman–Crippen MR) is 148 cm³/mol. The van der Waals surface area contributed by atoms with Gasteiger partial charge < -0.3 is 27.0 Å². The van der Waals surface area contributed by atoms with E-state index in [1.165, 1.54) is 11.8 Å². The maximum atomic E-state index is 13.2. The number of carbonyl (C=O) groups excluding carboxylic acids is 2. The van der Waals surface area contributed by atoms with Crippen LogP contribution in [-0.2, 0) is 19.4 Å². The van der Waals surface area contributed by atoms with Crippen LogP contribution in [0.5, 0.6) is 0 Å². The molecule has 9 nitrogen and oxygen atoms in total. The standard InChI is InChI=1S/C29H35N7O2/c1-2-18-6-5-7-20(14-18)28(38)36-13-12-19-10-11-22(15-21(19)17-36)33-27-23(26(31)37)16-32-29(35-27)34-25-9-4-3-8-24(25)30/h5-7,10-11,14-16,24-25H,2-4,8-9,12-13,17,30H2,1H3,(H2,31,37)(H2,32,33,34,35). The van der Waals surface area contributed by atoms with Crippen LogP contribution in [0.4, 0.5) is 17.5 Å². The molecule has 198 valence electrons. The number of aromatic nitrogens is 2. The van der Waals surface area contributed by atoms with Crippen LogP contribution in [0.2, 0.25) is 0 Å². The van der Waals surface area contributed by atoms with E-state index < -0.39 is 5.91 Å². The molecule has 2 amide bonds. The molecule has 2 atom stereocenters. The van der Waals surface area contributed by atoms with Gasteiger partial charge in [-0.25, -0.2) is 4.98 Å². The number of hydrogen-bond donors (Lipinski definition) is 4. The minimum atomic E-state index is -0.613. The number of rotatable bonds is 7. The van der Waals surface area contributed by atoms with Gasteiger partial charge in [0.1, 0.15) is 11.4 Å². The number of benzene rings is 2. The van der Waals surface area contributed by atoms with Crippen molar-refractivity contribution in [3.63, 3.8) is 0 Å². The average molecular weight is 514 g/mol. The Morgan fingerprint density at radius 2 is 1.95 bits per heavy atom. The molecule has 1 saturated carbocycles. The first-order chi connectivity index (χ1) is 18.4. The number of nitrogens with two attached hydrogens (primary N) is 2. The van der Waals surface area contributed by atoms with Gasteiger partial charge in [-0.15, -0.1) is 0 Å². The lowest BCUT2D eigenvalue weighted by atomic mass is 9.91. The summed E-state index contributed by atoms with van der Waals surface area (Å²) in [5.74, 6) is 0.161. The molecule has 1 aliphatic carbocycles. The van der Waals surface area contributed by atoms with Crippen LogP contribution >= 0.6 is 0 Å². The highest BCUT2D eigenvalue weighted by atomic mass is 16.2. The normalized spacial score (nSPS) is 18.9. The van der Waals surface area contributed by atoms with E-state index >= 15 is 0 Å². The Kier molecular flexibility index (Phi) is 7.55. The molecule has 1 aromatic heterocycles. The summed E-state index contributed by atoms with van der Waals surface area (Å²) in [4.78, 5) is 36.1. The molecule has 1 fully saturated rings. The van der Waals surface area contributed by atoms with E-state index in [4.69, 9.17) is 11.5 Å². The molecule has 1 aliphatic heterocycles. The summed E-state index contributed by atoms with van der Waals surface area (Å²) in [6.07, 6.45) is 7.26. The van der Waals surface area contributed by atoms with Crippen molar-refractivity contribution in [1.82, 2.24) is 14.9 Å². The number of aryl methyl sites for hydroxylation is 1. The van der Waals surface area contributed by atoms with Gasteiger partial charge >= 0.3 is 0 Å². The lowest BCUT2D eigenvalue weighted by molar-refractivity contribution is 0.0734. The Hall–Kier alpha value is -3.98. The van der Waals surface area contributed by atoms with Crippen molar-refractivity contribution < 1.29 is 9.59 Å².